The summed E-state index contributed by atoms with van der Waals surface area (Å²) < 4.78 is 0. The van der Waals surface area contributed by atoms with Crippen molar-refractivity contribution in [3.63, 3.8) is 0 Å². The Bertz CT molecular complexity index is 769. The fourth-order valence-corrected chi connectivity index (χ4v) is 3.11. The summed E-state index contributed by atoms with van der Waals surface area (Å²) in [6.45, 7) is 10.1. The number of benzene rings is 1. The highest BCUT2D eigenvalue weighted by molar-refractivity contribution is 7.09. The van der Waals surface area contributed by atoms with Gasteiger partial charge >= 0.3 is 6.03 Å². The van der Waals surface area contributed by atoms with E-state index < -0.39 is 0 Å². The zero-order chi connectivity index (χ0) is 20.4. The Hall–Kier alpha value is -2.61. The van der Waals surface area contributed by atoms with Gasteiger partial charge in [-0.3, -0.25) is 0 Å². The van der Waals surface area contributed by atoms with Crippen LogP contribution < -0.4 is 21.3 Å². The number of aromatic nitrogens is 1. The number of urea groups is 1. The third kappa shape index (κ3) is 7.96. The summed E-state index contributed by atoms with van der Waals surface area (Å²) in [5.41, 5.74) is 2.94. The predicted octanol–water partition coefficient (Wildman–Crippen LogP) is 3.28. The number of aryl methyl sites for hydroxylation is 1. The highest BCUT2D eigenvalue weighted by atomic mass is 32.1. The van der Waals surface area contributed by atoms with Gasteiger partial charge in [-0.15, -0.1) is 11.3 Å². The van der Waals surface area contributed by atoms with E-state index in [9.17, 15) is 4.79 Å². The van der Waals surface area contributed by atoms with Gasteiger partial charge in [-0.25, -0.2) is 14.8 Å². The van der Waals surface area contributed by atoms with Crippen molar-refractivity contribution < 1.29 is 4.79 Å². The lowest BCUT2D eigenvalue weighted by Crippen LogP contribution is -2.38. The van der Waals surface area contributed by atoms with Gasteiger partial charge in [0.1, 0.15) is 0 Å². The molecule has 0 atom stereocenters. The monoisotopic (exact) mass is 402 g/mol. The van der Waals surface area contributed by atoms with Crippen molar-refractivity contribution in [3.05, 3.63) is 45.9 Å². The first-order valence-corrected chi connectivity index (χ1v) is 10.4. The molecule has 2 amide bonds. The van der Waals surface area contributed by atoms with E-state index in [1.807, 2.05) is 52.0 Å². The van der Waals surface area contributed by atoms with Crippen LogP contribution in [0, 0.1) is 6.92 Å². The number of hydrogen-bond acceptors (Lipinski definition) is 4. The van der Waals surface area contributed by atoms with Crippen molar-refractivity contribution in [1.82, 2.24) is 20.9 Å². The Labute approximate surface area is 171 Å². The van der Waals surface area contributed by atoms with Crippen molar-refractivity contribution in [1.29, 1.82) is 0 Å². The van der Waals surface area contributed by atoms with E-state index in [4.69, 9.17) is 0 Å². The quantitative estimate of drug-likeness (QED) is 0.403. The van der Waals surface area contributed by atoms with Crippen LogP contribution in [-0.2, 0) is 13.0 Å². The summed E-state index contributed by atoms with van der Waals surface area (Å²) in [4.78, 5) is 20.8. The van der Waals surface area contributed by atoms with Gasteiger partial charge in [-0.2, -0.15) is 0 Å². The largest absolute Gasteiger partial charge is 0.357 e. The molecule has 0 bridgehead atoms. The summed E-state index contributed by atoms with van der Waals surface area (Å²) in [5.74, 6) is 0.785. The molecule has 0 aliphatic rings. The Balaban J connectivity index is 1.84. The number of thiazole rings is 1. The molecule has 0 fully saturated rings. The summed E-state index contributed by atoms with van der Waals surface area (Å²) in [6, 6.07) is 7.61. The Morgan fingerprint density at radius 1 is 1.21 bits per heavy atom. The number of carbonyl (C=O) groups is 1. The molecule has 1 heterocycles. The molecule has 7 nitrogen and oxygen atoms in total. The summed E-state index contributed by atoms with van der Waals surface area (Å²) >= 11 is 1.67. The van der Waals surface area contributed by atoms with Crippen LogP contribution in [0.25, 0.3) is 0 Å². The second-order valence-electron chi connectivity index (χ2n) is 6.68. The van der Waals surface area contributed by atoms with E-state index in [0.717, 1.165) is 47.4 Å². The van der Waals surface area contributed by atoms with Crippen LogP contribution in [0.3, 0.4) is 0 Å². The van der Waals surface area contributed by atoms with Crippen LogP contribution >= 0.6 is 11.3 Å². The number of nitrogens with zero attached hydrogens (tertiary/aromatic N) is 2. The number of nitrogens with one attached hydrogen (secondary N) is 4. The molecule has 2 aromatic rings. The molecule has 1 aromatic heterocycles. The molecule has 0 saturated carbocycles. The van der Waals surface area contributed by atoms with Crippen molar-refractivity contribution in [3.8, 4) is 0 Å². The van der Waals surface area contributed by atoms with Crippen molar-refractivity contribution >= 4 is 29.0 Å². The van der Waals surface area contributed by atoms with Crippen LogP contribution in [0.1, 0.15) is 37.0 Å². The maximum absolute atomic E-state index is 11.7. The molecule has 152 valence electrons. The highest BCUT2D eigenvalue weighted by Gasteiger charge is 2.04. The zero-order valence-corrected chi connectivity index (χ0v) is 17.8. The molecule has 8 heteroatoms. The number of anilines is 1. The summed E-state index contributed by atoms with van der Waals surface area (Å²) in [6.07, 6.45) is 0.869. The standard InChI is InChI=1S/C20H30N6OS/c1-5-21-19(22-11-10-18-13-28-15(4)25-18)23-12-16-6-8-17(9-7-16)26-20(27)24-14(2)3/h6-9,13-14H,5,10-12H2,1-4H3,(H2,21,22,23)(H2,24,26,27). The molecule has 2 rings (SSSR count). The van der Waals surface area contributed by atoms with E-state index in [1.165, 1.54) is 0 Å². The number of rotatable bonds is 8. The van der Waals surface area contributed by atoms with Gasteiger partial charge in [0.25, 0.3) is 0 Å². The molecular formula is C20H30N6OS. The normalized spacial score (nSPS) is 11.4. The van der Waals surface area contributed by atoms with E-state index in [0.29, 0.717) is 6.54 Å². The van der Waals surface area contributed by atoms with Gasteiger partial charge in [0.05, 0.1) is 17.2 Å². The maximum atomic E-state index is 11.7. The Morgan fingerprint density at radius 2 is 1.96 bits per heavy atom. The van der Waals surface area contributed by atoms with Gasteiger partial charge in [-0.05, 0) is 45.4 Å². The van der Waals surface area contributed by atoms with Crippen LogP contribution in [0.2, 0.25) is 0 Å². The lowest BCUT2D eigenvalue weighted by molar-refractivity contribution is 0.250. The first-order chi connectivity index (χ1) is 13.5. The minimum absolute atomic E-state index is 0.102. The predicted molar refractivity (Wildman–Crippen MR) is 117 cm³/mol. The third-order valence-electron chi connectivity index (χ3n) is 3.74. The molecule has 0 unspecified atom stereocenters. The topological polar surface area (TPSA) is 90.4 Å². The molecule has 0 saturated heterocycles. The van der Waals surface area contributed by atoms with E-state index >= 15 is 0 Å². The fraction of sp³-hybridized carbons (Fsp3) is 0.450. The van der Waals surface area contributed by atoms with Crippen LogP contribution in [-0.4, -0.2) is 36.1 Å². The average Bonchev–Trinajstić information content (AvgIpc) is 3.05. The first kappa shape index (κ1) is 21.7. The molecule has 4 N–H and O–H groups in total. The highest BCUT2D eigenvalue weighted by Crippen LogP contribution is 2.10. The zero-order valence-electron chi connectivity index (χ0n) is 17.0. The van der Waals surface area contributed by atoms with Crippen molar-refractivity contribution in [2.45, 2.75) is 46.7 Å². The maximum Gasteiger partial charge on any atom is 0.319 e. The van der Waals surface area contributed by atoms with Gasteiger partial charge in [0.15, 0.2) is 5.96 Å². The molecule has 0 radical (unpaired) electrons. The fourth-order valence-electron chi connectivity index (χ4n) is 2.47. The SMILES string of the molecule is CCNC(=NCc1ccc(NC(=O)NC(C)C)cc1)NCCc1csc(C)n1. The minimum Gasteiger partial charge on any atom is -0.357 e. The van der Waals surface area contributed by atoms with Crippen LogP contribution in [0.4, 0.5) is 10.5 Å². The van der Waals surface area contributed by atoms with E-state index in [1.54, 1.807) is 11.3 Å². The van der Waals surface area contributed by atoms with Crippen LogP contribution in [0.15, 0.2) is 34.6 Å². The van der Waals surface area contributed by atoms with Crippen LogP contribution in [0.5, 0.6) is 0 Å². The number of aliphatic imine (C=N–C) groups is 1. The second-order valence-corrected chi connectivity index (χ2v) is 7.74. The molecule has 0 aliphatic heterocycles. The average molecular weight is 403 g/mol. The van der Waals surface area contributed by atoms with Gasteiger partial charge in [0, 0.05) is 36.6 Å². The van der Waals surface area contributed by atoms with Gasteiger partial charge in [-0.1, -0.05) is 12.1 Å². The van der Waals surface area contributed by atoms with Crippen molar-refractivity contribution in [2.24, 2.45) is 4.99 Å². The summed E-state index contributed by atoms with van der Waals surface area (Å²) in [7, 11) is 0. The number of hydrogen-bond donors (Lipinski definition) is 4. The Kier molecular flexibility index (Phi) is 8.74. The Morgan fingerprint density at radius 3 is 2.57 bits per heavy atom. The number of amides is 2. The lowest BCUT2D eigenvalue weighted by atomic mass is 10.2. The third-order valence-corrected chi connectivity index (χ3v) is 4.56. The summed E-state index contributed by atoms with van der Waals surface area (Å²) in [5, 5.41) is 15.4. The van der Waals surface area contributed by atoms with Gasteiger partial charge < -0.3 is 21.3 Å². The minimum atomic E-state index is -0.199. The van der Waals surface area contributed by atoms with Gasteiger partial charge in [0.2, 0.25) is 0 Å². The number of guanidine groups is 1. The number of carbonyl (C=O) groups excluding carboxylic acids is 1. The molecule has 1 aromatic carbocycles. The molecular weight excluding hydrogens is 372 g/mol. The smallest absolute Gasteiger partial charge is 0.319 e. The molecule has 0 spiro atoms. The molecule has 28 heavy (non-hydrogen) atoms. The van der Waals surface area contributed by atoms with E-state index in [2.05, 4.69) is 36.6 Å². The second kappa shape index (κ2) is 11.3. The van der Waals surface area contributed by atoms with Crippen molar-refractivity contribution in [2.75, 3.05) is 18.4 Å². The molecule has 0 aliphatic carbocycles. The van der Waals surface area contributed by atoms with E-state index in [-0.39, 0.29) is 12.1 Å². The first-order valence-electron chi connectivity index (χ1n) is 9.56. The lowest BCUT2D eigenvalue weighted by Gasteiger charge is -2.11.